The molecule has 2 aromatic heterocycles. The Labute approximate surface area is 209 Å². The summed E-state index contributed by atoms with van der Waals surface area (Å²) >= 11 is 0. The third-order valence-corrected chi connectivity index (χ3v) is 5.81. The third-order valence-electron chi connectivity index (χ3n) is 5.81. The van der Waals surface area contributed by atoms with E-state index in [0.717, 1.165) is 0 Å². The highest BCUT2D eigenvalue weighted by atomic mass is 16.5. The van der Waals surface area contributed by atoms with Gasteiger partial charge in [-0.1, -0.05) is 18.7 Å². The van der Waals surface area contributed by atoms with E-state index in [9.17, 15) is 14.7 Å². The van der Waals surface area contributed by atoms with E-state index in [-0.39, 0.29) is 11.3 Å². The largest absolute Gasteiger partial charge is 0.507 e. The normalized spacial score (nSPS) is 16.8. The van der Waals surface area contributed by atoms with Crippen LogP contribution in [-0.4, -0.2) is 56.0 Å². The highest BCUT2D eigenvalue weighted by Gasteiger charge is 2.46. The number of carbonyl (C=O) groups excluding carboxylic acids is 2. The number of likely N-dealkylation sites (tertiary alicyclic amines) is 1. The van der Waals surface area contributed by atoms with Gasteiger partial charge in [-0.05, 0) is 43.2 Å². The molecule has 1 aliphatic rings. The maximum atomic E-state index is 13.2. The van der Waals surface area contributed by atoms with E-state index in [1.165, 1.54) is 17.3 Å². The van der Waals surface area contributed by atoms with Gasteiger partial charge in [-0.3, -0.25) is 14.6 Å². The summed E-state index contributed by atoms with van der Waals surface area (Å²) < 4.78 is 13.4. The number of aliphatic hydroxyl groups excluding tert-OH is 1. The van der Waals surface area contributed by atoms with E-state index in [4.69, 9.17) is 9.47 Å². The number of rotatable bonds is 11. The van der Waals surface area contributed by atoms with Gasteiger partial charge < -0.3 is 24.0 Å². The summed E-state index contributed by atoms with van der Waals surface area (Å²) in [6.07, 6.45) is 10.5. The molecule has 0 saturated carbocycles. The van der Waals surface area contributed by atoms with E-state index < -0.39 is 17.7 Å². The first kappa shape index (κ1) is 24.7. The number of Topliss-reactive ketones (excluding diaryl/α,β-unsaturated/α-hetero) is 1. The molecule has 186 valence electrons. The van der Waals surface area contributed by atoms with Gasteiger partial charge in [0, 0.05) is 43.4 Å². The van der Waals surface area contributed by atoms with Crippen LogP contribution in [0.5, 0.6) is 11.5 Å². The molecule has 1 N–H and O–H groups in total. The number of aliphatic hydroxyl groups is 1. The predicted molar refractivity (Wildman–Crippen MR) is 133 cm³/mol. The summed E-state index contributed by atoms with van der Waals surface area (Å²) in [5.74, 6) is -0.646. The summed E-state index contributed by atoms with van der Waals surface area (Å²) in [5.41, 5.74) is 1.06. The minimum absolute atomic E-state index is 0.0241. The Morgan fingerprint density at radius 1 is 1.08 bits per heavy atom. The molecule has 1 fully saturated rings. The van der Waals surface area contributed by atoms with Gasteiger partial charge in [0.2, 0.25) is 0 Å². The molecule has 4 rings (SSSR count). The minimum Gasteiger partial charge on any atom is -0.507 e. The zero-order chi connectivity index (χ0) is 25.5. The molecule has 0 bridgehead atoms. The molecule has 1 amide bonds. The number of imidazole rings is 1. The van der Waals surface area contributed by atoms with Crippen molar-refractivity contribution in [1.82, 2.24) is 19.4 Å². The first-order chi connectivity index (χ1) is 17.5. The first-order valence-electron chi connectivity index (χ1n) is 11.7. The smallest absolute Gasteiger partial charge is 0.295 e. The Balaban J connectivity index is 1.76. The molecule has 9 heteroatoms. The Kier molecular flexibility index (Phi) is 7.79. The number of aryl methyl sites for hydroxylation is 1. The van der Waals surface area contributed by atoms with Crippen molar-refractivity contribution >= 4 is 17.4 Å². The van der Waals surface area contributed by atoms with Gasteiger partial charge in [0.15, 0.2) is 11.5 Å². The monoisotopic (exact) mass is 488 g/mol. The highest BCUT2D eigenvalue weighted by Crippen LogP contribution is 2.42. The summed E-state index contributed by atoms with van der Waals surface area (Å²) in [6, 6.07) is 7.66. The fourth-order valence-corrected chi connectivity index (χ4v) is 4.20. The summed E-state index contributed by atoms with van der Waals surface area (Å²) in [5, 5.41) is 11.1. The predicted octanol–water partition coefficient (Wildman–Crippen LogP) is 3.75. The molecule has 3 heterocycles. The maximum absolute atomic E-state index is 13.2. The lowest BCUT2D eigenvalue weighted by atomic mass is 9.95. The molecule has 1 aliphatic heterocycles. The second kappa shape index (κ2) is 11.4. The van der Waals surface area contributed by atoms with Crippen LogP contribution in [0, 0.1) is 0 Å². The molecular formula is C27H28N4O5. The summed E-state index contributed by atoms with van der Waals surface area (Å²) in [4.78, 5) is 35.9. The van der Waals surface area contributed by atoms with Crippen molar-refractivity contribution in [3.05, 3.63) is 90.8 Å². The number of ether oxygens (including phenoxy) is 2. The van der Waals surface area contributed by atoms with Crippen LogP contribution in [0.4, 0.5) is 0 Å². The number of carbonyl (C=O) groups is 2. The van der Waals surface area contributed by atoms with Crippen LogP contribution in [0.3, 0.4) is 0 Å². The van der Waals surface area contributed by atoms with Crippen LogP contribution in [-0.2, 0) is 16.1 Å². The first-order valence-corrected chi connectivity index (χ1v) is 11.7. The number of hydrogen-bond acceptors (Lipinski definition) is 7. The van der Waals surface area contributed by atoms with Gasteiger partial charge in [-0.25, -0.2) is 4.98 Å². The van der Waals surface area contributed by atoms with Crippen molar-refractivity contribution in [1.29, 1.82) is 0 Å². The van der Waals surface area contributed by atoms with Crippen molar-refractivity contribution < 1.29 is 24.2 Å². The van der Waals surface area contributed by atoms with Gasteiger partial charge >= 0.3 is 0 Å². The van der Waals surface area contributed by atoms with Crippen LogP contribution in [0.15, 0.2) is 79.7 Å². The molecule has 9 nitrogen and oxygen atoms in total. The Bertz CT molecular complexity index is 1250. The number of ketones is 1. The zero-order valence-electron chi connectivity index (χ0n) is 20.0. The van der Waals surface area contributed by atoms with Crippen LogP contribution in [0.2, 0.25) is 0 Å². The van der Waals surface area contributed by atoms with Crippen molar-refractivity contribution in [3.63, 3.8) is 0 Å². The molecule has 1 atom stereocenters. The molecule has 0 aliphatic carbocycles. The number of benzene rings is 1. The van der Waals surface area contributed by atoms with Crippen molar-refractivity contribution in [3.8, 4) is 11.5 Å². The fourth-order valence-electron chi connectivity index (χ4n) is 4.20. The average molecular weight is 489 g/mol. The van der Waals surface area contributed by atoms with Crippen LogP contribution < -0.4 is 9.47 Å². The highest BCUT2D eigenvalue weighted by molar-refractivity contribution is 6.46. The number of aromatic nitrogens is 3. The Morgan fingerprint density at radius 3 is 2.58 bits per heavy atom. The van der Waals surface area contributed by atoms with Gasteiger partial charge in [-0.15, -0.1) is 0 Å². The fraction of sp³-hybridized carbons (Fsp3) is 0.259. The minimum atomic E-state index is -0.798. The van der Waals surface area contributed by atoms with Gasteiger partial charge in [0.05, 0.1) is 24.5 Å². The average Bonchev–Trinajstić information content (AvgIpc) is 3.50. The molecule has 36 heavy (non-hydrogen) atoms. The lowest BCUT2D eigenvalue weighted by molar-refractivity contribution is -0.139. The Morgan fingerprint density at radius 2 is 1.89 bits per heavy atom. The lowest BCUT2D eigenvalue weighted by Gasteiger charge is -2.26. The number of hydrogen-bond donors (Lipinski definition) is 1. The second-order valence-electron chi connectivity index (χ2n) is 8.12. The van der Waals surface area contributed by atoms with Crippen LogP contribution in [0.1, 0.15) is 30.5 Å². The molecule has 1 saturated heterocycles. The lowest BCUT2D eigenvalue weighted by Crippen LogP contribution is -2.31. The Hall–Kier alpha value is -4.40. The van der Waals surface area contributed by atoms with Crippen molar-refractivity contribution in [2.75, 3.05) is 19.8 Å². The molecular weight excluding hydrogens is 460 g/mol. The molecule has 0 spiro atoms. The summed E-state index contributed by atoms with van der Waals surface area (Å²) in [7, 11) is 0. The molecule has 1 aromatic carbocycles. The summed E-state index contributed by atoms with van der Waals surface area (Å²) in [6.45, 7) is 7.16. The maximum Gasteiger partial charge on any atom is 0.295 e. The molecule has 0 radical (unpaired) electrons. The molecule has 1 unspecified atom stereocenters. The number of nitrogens with zero attached hydrogens (tertiary/aromatic N) is 4. The van der Waals surface area contributed by atoms with E-state index in [1.807, 2.05) is 17.7 Å². The van der Waals surface area contributed by atoms with Gasteiger partial charge in [0.25, 0.3) is 11.7 Å². The van der Waals surface area contributed by atoms with Crippen LogP contribution in [0.25, 0.3) is 5.76 Å². The van der Waals surface area contributed by atoms with E-state index in [1.54, 1.807) is 48.9 Å². The third kappa shape index (κ3) is 5.14. The van der Waals surface area contributed by atoms with Gasteiger partial charge in [-0.2, -0.15) is 0 Å². The second-order valence-corrected chi connectivity index (χ2v) is 8.12. The topological polar surface area (TPSA) is 107 Å². The van der Waals surface area contributed by atoms with Crippen molar-refractivity contribution in [2.24, 2.45) is 0 Å². The van der Waals surface area contributed by atoms with Crippen LogP contribution >= 0.6 is 0 Å². The van der Waals surface area contributed by atoms with E-state index >= 15 is 0 Å². The molecule has 3 aromatic rings. The zero-order valence-corrected chi connectivity index (χ0v) is 20.0. The standard InChI is InChI=1S/C27H28N4O5/c1-3-16-36-21-7-6-20(17-22(21)35-4-2)24-23(25(32)19-8-10-28-11-9-19)26(33)27(34)31(24)14-5-13-30-15-12-29-18-30/h3,6-12,15,17-18,24,32H,1,4-5,13-14,16H2,2H3/b25-23+. The number of amides is 1. The number of pyridine rings is 1. The SMILES string of the molecule is C=CCOc1ccc(C2/C(=C(\O)c3ccncc3)C(=O)C(=O)N2CCCn2ccnc2)cc1OCC. The van der Waals surface area contributed by atoms with E-state index in [2.05, 4.69) is 16.5 Å². The van der Waals surface area contributed by atoms with E-state index in [0.29, 0.717) is 55.4 Å². The van der Waals surface area contributed by atoms with Crippen molar-refractivity contribution in [2.45, 2.75) is 25.9 Å². The van der Waals surface area contributed by atoms with Gasteiger partial charge in [0.1, 0.15) is 12.4 Å². The quantitative estimate of drug-likeness (QED) is 0.190.